The molecule has 0 aliphatic carbocycles. The fourth-order valence-corrected chi connectivity index (χ4v) is 11.7. The lowest BCUT2D eigenvalue weighted by molar-refractivity contribution is 0.103. The lowest BCUT2D eigenvalue weighted by Gasteiger charge is -2.26. The quantitative estimate of drug-likeness (QED) is 0.0805. The summed E-state index contributed by atoms with van der Waals surface area (Å²) in [6.45, 7) is 7.30. The van der Waals surface area contributed by atoms with E-state index in [4.69, 9.17) is 14.2 Å². The summed E-state index contributed by atoms with van der Waals surface area (Å²) in [6.07, 6.45) is 7.46. The first-order valence-electron chi connectivity index (χ1n) is 23.4. The summed E-state index contributed by atoms with van der Waals surface area (Å²) in [4.78, 5) is 35.4. The van der Waals surface area contributed by atoms with Crippen LogP contribution in [0.15, 0.2) is 127 Å². The number of thiophene rings is 2. The van der Waals surface area contributed by atoms with Gasteiger partial charge in [0.05, 0.1) is 4.70 Å². The van der Waals surface area contributed by atoms with Crippen LogP contribution in [0.3, 0.4) is 0 Å². The summed E-state index contributed by atoms with van der Waals surface area (Å²) in [7, 11) is 0. The molecule has 0 radical (unpaired) electrons. The minimum absolute atomic E-state index is 0.101. The Morgan fingerprint density at radius 2 is 0.956 bits per heavy atom. The predicted molar refractivity (Wildman–Crippen MR) is 271 cm³/mol. The van der Waals surface area contributed by atoms with Gasteiger partial charge in [-0.3, -0.25) is 19.4 Å². The van der Waals surface area contributed by atoms with Gasteiger partial charge in [0.2, 0.25) is 0 Å². The molecule has 2 fully saturated rings. The molecule has 8 aromatic rings. The number of phenols is 3. The Morgan fingerprint density at radius 1 is 0.500 bits per heavy atom. The molecular weight excluding hydrogens is 893 g/mol. The SMILES string of the molecule is O=C(c1ccc(OCCN2CCCCC2)cc1)c1c(-c2ccc(O)cc2)sc2cc(Oc3c(O)ccc4c(C(=O)c5ccc(OCCN6CCCCC6)cc5)c(-c5ccc(O)cc5)sc34)ccc12. The van der Waals surface area contributed by atoms with E-state index in [0.29, 0.717) is 67.7 Å². The highest BCUT2D eigenvalue weighted by atomic mass is 32.1. The first-order chi connectivity index (χ1) is 33.3. The van der Waals surface area contributed by atoms with Crippen molar-refractivity contribution in [3.8, 4) is 61.1 Å². The number of benzene rings is 6. The number of phenolic OH excluding ortho intramolecular Hbond substituents is 3. The van der Waals surface area contributed by atoms with Gasteiger partial charge in [-0.1, -0.05) is 12.8 Å². The van der Waals surface area contributed by atoms with E-state index in [9.17, 15) is 24.9 Å². The van der Waals surface area contributed by atoms with Crippen LogP contribution in [0.4, 0.5) is 0 Å². The molecule has 6 aromatic carbocycles. The second-order valence-electron chi connectivity index (χ2n) is 17.5. The molecule has 3 N–H and O–H groups in total. The lowest BCUT2D eigenvalue weighted by atomic mass is 9.97. The van der Waals surface area contributed by atoms with E-state index in [1.54, 1.807) is 84.9 Å². The number of carbonyl (C=O) groups excluding carboxylic acids is 2. The molecule has 0 unspecified atom stereocenters. The first-order valence-corrected chi connectivity index (χ1v) is 25.0. The highest BCUT2D eigenvalue weighted by molar-refractivity contribution is 7.23. The van der Waals surface area contributed by atoms with E-state index in [1.807, 2.05) is 36.4 Å². The van der Waals surface area contributed by atoms with E-state index < -0.39 is 0 Å². The summed E-state index contributed by atoms with van der Waals surface area (Å²) >= 11 is 2.76. The van der Waals surface area contributed by atoms with Crippen LogP contribution in [0, 0.1) is 0 Å². The van der Waals surface area contributed by atoms with Gasteiger partial charge in [-0.15, -0.1) is 22.7 Å². The summed E-state index contributed by atoms with van der Waals surface area (Å²) in [5.41, 5.74) is 3.49. The Bertz CT molecular complexity index is 3060. The van der Waals surface area contributed by atoms with Gasteiger partial charge in [0.1, 0.15) is 42.0 Å². The van der Waals surface area contributed by atoms with Crippen LogP contribution in [0.2, 0.25) is 0 Å². The van der Waals surface area contributed by atoms with Crippen molar-refractivity contribution in [2.24, 2.45) is 0 Å². The second kappa shape index (κ2) is 20.3. The molecule has 2 saturated heterocycles. The summed E-state index contributed by atoms with van der Waals surface area (Å²) in [6, 6.07) is 36.8. The standard InChI is InChI=1S/C56H52N2O8S2/c59-40-15-7-38(8-16-40)54-49(51(62)36-11-19-42(20-12-36)64-33-31-57-27-3-1-4-28-57)45-24-23-44(35-48(45)67-54)66-53-47(61)26-25-46-50(55(68-56(46)53)39-9-17-41(60)18-10-39)52(63)37-13-21-43(22-14-37)65-34-32-58-29-5-2-6-30-58/h7-26,35,59-61H,1-6,27-34H2. The fourth-order valence-electron chi connectivity index (χ4n) is 9.21. The van der Waals surface area contributed by atoms with Crippen LogP contribution < -0.4 is 14.2 Å². The van der Waals surface area contributed by atoms with Crippen molar-refractivity contribution in [3.05, 3.63) is 150 Å². The van der Waals surface area contributed by atoms with Crippen molar-refractivity contribution < 1.29 is 39.1 Å². The van der Waals surface area contributed by atoms with Crippen molar-refractivity contribution in [1.82, 2.24) is 9.80 Å². The van der Waals surface area contributed by atoms with Gasteiger partial charge in [0, 0.05) is 60.6 Å². The molecule has 2 aromatic heterocycles. The molecule has 2 aliphatic rings. The van der Waals surface area contributed by atoms with Crippen molar-refractivity contribution in [2.45, 2.75) is 38.5 Å². The average Bonchev–Trinajstić information content (AvgIpc) is 3.95. The van der Waals surface area contributed by atoms with Gasteiger partial charge >= 0.3 is 0 Å². The zero-order chi connectivity index (χ0) is 46.6. The molecule has 0 amide bonds. The number of likely N-dealkylation sites (tertiary alicyclic amines) is 2. The third-order valence-corrected chi connectivity index (χ3v) is 15.3. The van der Waals surface area contributed by atoms with E-state index in [1.165, 1.54) is 67.3 Å². The summed E-state index contributed by atoms with van der Waals surface area (Å²) in [5, 5.41) is 33.1. The molecule has 0 bridgehead atoms. The molecule has 2 aliphatic heterocycles. The number of rotatable bonds is 16. The molecule has 0 atom stereocenters. The predicted octanol–water partition coefficient (Wildman–Crippen LogP) is 12.6. The Labute approximate surface area is 403 Å². The van der Waals surface area contributed by atoms with Gasteiger partial charge in [-0.05, 0) is 190 Å². The van der Waals surface area contributed by atoms with E-state index in [0.717, 1.165) is 65.4 Å². The van der Waals surface area contributed by atoms with E-state index >= 15 is 0 Å². The molecule has 68 heavy (non-hydrogen) atoms. The third-order valence-electron chi connectivity index (χ3n) is 12.9. The first kappa shape index (κ1) is 45.1. The molecule has 12 heteroatoms. The van der Waals surface area contributed by atoms with Crippen molar-refractivity contribution >= 4 is 54.4 Å². The van der Waals surface area contributed by atoms with Crippen LogP contribution in [0.25, 0.3) is 41.1 Å². The summed E-state index contributed by atoms with van der Waals surface area (Å²) in [5.74, 6) is 1.78. The number of hydrogen-bond donors (Lipinski definition) is 3. The van der Waals surface area contributed by atoms with E-state index in [2.05, 4.69) is 9.80 Å². The molecule has 10 nitrogen and oxygen atoms in total. The van der Waals surface area contributed by atoms with E-state index in [-0.39, 0.29) is 34.6 Å². The van der Waals surface area contributed by atoms with Gasteiger partial charge in [0.25, 0.3) is 0 Å². The van der Waals surface area contributed by atoms with Crippen molar-refractivity contribution in [3.63, 3.8) is 0 Å². The van der Waals surface area contributed by atoms with Gasteiger partial charge in [-0.25, -0.2) is 0 Å². The van der Waals surface area contributed by atoms with Crippen LogP contribution in [-0.4, -0.2) is 89.2 Å². The second-order valence-corrected chi connectivity index (χ2v) is 19.5. The maximum Gasteiger partial charge on any atom is 0.195 e. The number of nitrogens with zero attached hydrogens (tertiary/aromatic N) is 2. The number of aromatic hydroxyl groups is 3. The maximum atomic E-state index is 14.6. The topological polar surface area (TPSA) is 129 Å². The lowest BCUT2D eigenvalue weighted by Crippen LogP contribution is -2.33. The molecule has 0 spiro atoms. The van der Waals surface area contributed by atoms with Crippen molar-refractivity contribution in [2.75, 3.05) is 52.5 Å². The zero-order valence-corrected chi connectivity index (χ0v) is 39.3. The number of piperidine rings is 2. The third kappa shape index (κ3) is 9.82. The summed E-state index contributed by atoms with van der Waals surface area (Å²) < 4.78 is 20.1. The molecule has 4 heterocycles. The van der Waals surface area contributed by atoms with Crippen LogP contribution in [-0.2, 0) is 0 Å². The Morgan fingerprint density at radius 3 is 1.47 bits per heavy atom. The Balaban J connectivity index is 0.950. The molecular formula is C56H52N2O8S2. The average molecular weight is 945 g/mol. The minimum Gasteiger partial charge on any atom is -0.508 e. The Hall–Kier alpha value is -6.70. The largest absolute Gasteiger partial charge is 0.508 e. The number of ether oxygens (including phenoxy) is 3. The van der Waals surface area contributed by atoms with Crippen LogP contribution >= 0.6 is 22.7 Å². The highest BCUT2D eigenvalue weighted by Crippen LogP contribution is 2.49. The molecule has 0 saturated carbocycles. The van der Waals surface area contributed by atoms with Crippen LogP contribution in [0.1, 0.15) is 70.4 Å². The Kier molecular flexibility index (Phi) is 13.4. The fraction of sp³-hybridized carbons (Fsp3) is 0.250. The zero-order valence-electron chi connectivity index (χ0n) is 37.6. The van der Waals surface area contributed by atoms with Crippen LogP contribution in [0.5, 0.6) is 40.2 Å². The van der Waals surface area contributed by atoms with Gasteiger partial charge in [0.15, 0.2) is 23.1 Å². The molecule has 10 rings (SSSR count). The van der Waals surface area contributed by atoms with Crippen molar-refractivity contribution in [1.29, 1.82) is 0 Å². The number of carbonyl (C=O) groups is 2. The minimum atomic E-state index is -0.204. The smallest absolute Gasteiger partial charge is 0.195 e. The number of fused-ring (bicyclic) bond motifs is 2. The molecule has 346 valence electrons. The monoisotopic (exact) mass is 944 g/mol. The normalized spacial score (nSPS) is 14.6. The van der Waals surface area contributed by atoms with Gasteiger partial charge in [-0.2, -0.15) is 0 Å². The highest BCUT2D eigenvalue weighted by Gasteiger charge is 2.27. The van der Waals surface area contributed by atoms with Gasteiger partial charge < -0.3 is 29.5 Å². The number of hydrogen-bond acceptors (Lipinski definition) is 12. The maximum absolute atomic E-state index is 14.6. The number of ketones is 2.